The minimum atomic E-state index is -1.29. The number of aromatic amines is 1. The first-order valence-electron chi connectivity index (χ1n) is 10.7. The van der Waals surface area contributed by atoms with Gasteiger partial charge in [-0.1, -0.05) is 43.0 Å². The second-order valence-corrected chi connectivity index (χ2v) is 7.65. The van der Waals surface area contributed by atoms with Gasteiger partial charge in [-0.15, -0.1) is 0 Å². The average Bonchev–Trinajstić information content (AvgIpc) is 2.91. The van der Waals surface area contributed by atoms with E-state index in [2.05, 4.69) is 32.9 Å². The molecule has 4 rings (SSSR count). The zero-order chi connectivity index (χ0) is 25.7. The van der Waals surface area contributed by atoms with Gasteiger partial charge in [0.15, 0.2) is 6.04 Å². The van der Waals surface area contributed by atoms with E-state index in [9.17, 15) is 24.5 Å². The smallest absolute Gasteiger partial charge is 0.272 e. The van der Waals surface area contributed by atoms with E-state index in [4.69, 9.17) is 0 Å². The molecule has 1 aromatic heterocycles. The van der Waals surface area contributed by atoms with E-state index in [1.807, 2.05) is 0 Å². The molecule has 36 heavy (non-hydrogen) atoms. The van der Waals surface area contributed by atoms with Gasteiger partial charge in [-0.2, -0.15) is 5.10 Å². The number of nitro groups is 1. The molecule has 180 valence electrons. The molecule has 0 aliphatic carbocycles. The monoisotopic (exact) mass is 484 g/mol. The number of nitrogens with zero attached hydrogens (tertiary/aromatic N) is 2. The molecule has 0 unspecified atom stereocenters. The lowest BCUT2D eigenvalue weighted by Gasteiger charge is -2.20. The maximum atomic E-state index is 13.3. The van der Waals surface area contributed by atoms with Crippen molar-refractivity contribution in [2.75, 3.05) is 0 Å². The average molecular weight is 484 g/mol. The van der Waals surface area contributed by atoms with E-state index in [1.54, 1.807) is 54.6 Å². The maximum absolute atomic E-state index is 13.3. The van der Waals surface area contributed by atoms with Gasteiger partial charge in [0.1, 0.15) is 5.69 Å². The van der Waals surface area contributed by atoms with Crippen LogP contribution in [0.3, 0.4) is 0 Å². The Bertz CT molecular complexity index is 1520. The number of non-ortho nitro benzene ring substituents is 1. The number of rotatable bonds is 8. The Labute approximate surface area is 204 Å². The minimum Gasteiger partial charge on any atom is -0.335 e. The summed E-state index contributed by atoms with van der Waals surface area (Å²) in [4.78, 5) is 48.7. The highest BCUT2D eigenvalue weighted by atomic mass is 16.6. The van der Waals surface area contributed by atoms with Gasteiger partial charge in [0.2, 0.25) is 0 Å². The van der Waals surface area contributed by atoms with E-state index in [0.717, 1.165) is 0 Å². The van der Waals surface area contributed by atoms with Gasteiger partial charge in [0.25, 0.3) is 23.1 Å². The van der Waals surface area contributed by atoms with E-state index >= 15 is 0 Å². The van der Waals surface area contributed by atoms with Crippen molar-refractivity contribution >= 4 is 34.0 Å². The lowest BCUT2D eigenvalue weighted by Crippen LogP contribution is -2.45. The van der Waals surface area contributed by atoms with Crippen LogP contribution in [-0.4, -0.2) is 26.9 Å². The number of carbonyl (C=O) groups excluding carboxylic acids is 2. The van der Waals surface area contributed by atoms with Crippen LogP contribution < -0.4 is 21.7 Å². The fraction of sp³-hybridized carbons (Fsp3) is 0.0400. The number of aromatic nitrogens is 2. The van der Waals surface area contributed by atoms with Crippen molar-refractivity contribution in [3.05, 3.63) is 123 Å². The highest BCUT2D eigenvalue weighted by molar-refractivity contribution is 5.99. The number of nitrogens with one attached hydrogen (secondary N) is 4. The molecule has 0 saturated carbocycles. The Morgan fingerprint density at radius 2 is 1.53 bits per heavy atom. The normalized spacial score (nSPS) is 11.3. The van der Waals surface area contributed by atoms with E-state index in [1.165, 1.54) is 24.3 Å². The lowest BCUT2D eigenvalue weighted by molar-refractivity contribution is -0.384. The zero-order valence-electron chi connectivity index (χ0n) is 18.7. The van der Waals surface area contributed by atoms with Crippen molar-refractivity contribution in [2.45, 2.75) is 6.04 Å². The highest BCUT2D eigenvalue weighted by Crippen LogP contribution is 2.21. The third-order valence-electron chi connectivity index (χ3n) is 5.34. The third kappa shape index (κ3) is 5.09. The summed E-state index contributed by atoms with van der Waals surface area (Å²) in [7, 11) is 0. The first-order valence-corrected chi connectivity index (χ1v) is 10.7. The first kappa shape index (κ1) is 23.8. The van der Waals surface area contributed by atoms with Crippen LogP contribution in [-0.2, 0) is 4.79 Å². The summed E-state index contributed by atoms with van der Waals surface area (Å²) in [5.41, 5.74) is 5.83. The van der Waals surface area contributed by atoms with Gasteiger partial charge in [-0.3, -0.25) is 35.3 Å². The number of carbonyl (C=O) groups is 2. The Kier molecular flexibility index (Phi) is 6.82. The molecule has 11 nitrogen and oxygen atoms in total. The first-order chi connectivity index (χ1) is 17.3. The molecular formula is C25H20N6O5. The minimum absolute atomic E-state index is 0.0877. The van der Waals surface area contributed by atoms with Crippen molar-refractivity contribution < 1.29 is 14.5 Å². The van der Waals surface area contributed by atoms with E-state index < -0.39 is 28.3 Å². The van der Waals surface area contributed by atoms with Gasteiger partial charge in [-0.05, 0) is 35.9 Å². The van der Waals surface area contributed by atoms with Crippen LogP contribution in [0.25, 0.3) is 16.5 Å². The highest BCUT2D eigenvalue weighted by Gasteiger charge is 2.27. The van der Waals surface area contributed by atoms with Crippen LogP contribution in [0, 0.1) is 10.1 Å². The second-order valence-electron chi connectivity index (χ2n) is 7.65. The van der Waals surface area contributed by atoms with Crippen LogP contribution in [0.15, 0.2) is 90.2 Å². The molecule has 4 aromatic rings. The number of hydrogen-bond donors (Lipinski definition) is 4. The predicted molar refractivity (Wildman–Crippen MR) is 132 cm³/mol. The second kappa shape index (κ2) is 10.3. The molecule has 11 heteroatoms. The summed E-state index contributed by atoms with van der Waals surface area (Å²) in [6.45, 7) is 3.83. The number of hydrogen-bond acceptors (Lipinski definition) is 7. The Morgan fingerprint density at radius 1 is 0.889 bits per heavy atom. The van der Waals surface area contributed by atoms with Gasteiger partial charge in [-0.25, -0.2) is 5.10 Å². The van der Waals surface area contributed by atoms with Crippen LogP contribution in [0.2, 0.25) is 0 Å². The summed E-state index contributed by atoms with van der Waals surface area (Å²) >= 11 is 0. The summed E-state index contributed by atoms with van der Waals surface area (Å²) in [6.07, 6.45) is 0. The Hall–Kier alpha value is -5.32. The largest absolute Gasteiger partial charge is 0.335 e. The number of hydrazine groups is 1. The molecule has 0 radical (unpaired) electrons. The molecule has 0 bridgehead atoms. The maximum Gasteiger partial charge on any atom is 0.272 e. The fourth-order valence-corrected chi connectivity index (χ4v) is 3.48. The number of amides is 2. The van der Waals surface area contributed by atoms with Crippen LogP contribution in [0.5, 0.6) is 0 Å². The van der Waals surface area contributed by atoms with E-state index in [0.29, 0.717) is 21.9 Å². The van der Waals surface area contributed by atoms with Gasteiger partial charge < -0.3 is 5.32 Å². The molecule has 0 saturated heterocycles. The summed E-state index contributed by atoms with van der Waals surface area (Å²) in [6, 6.07) is 19.2. The van der Waals surface area contributed by atoms with Gasteiger partial charge in [0, 0.05) is 23.1 Å². The zero-order valence-corrected chi connectivity index (χ0v) is 18.7. The van der Waals surface area contributed by atoms with Crippen molar-refractivity contribution in [3.63, 3.8) is 0 Å². The molecule has 2 amide bonds. The fourth-order valence-electron chi connectivity index (χ4n) is 3.48. The molecule has 0 spiro atoms. The van der Waals surface area contributed by atoms with Gasteiger partial charge in [0.05, 0.1) is 16.0 Å². The van der Waals surface area contributed by atoms with Crippen LogP contribution >= 0.6 is 0 Å². The quantitative estimate of drug-likeness (QED) is 0.221. The molecule has 0 fully saturated rings. The molecule has 0 aliphatic rings. The molecule has 4 N–H and O–H groups in total. The van der Waals surface area contributed by atoms with Gasteiger partial charge >= 0.3 is 0 Å². The molecule has 3 aromatic carbocycles. The number of benzene rings is 3. The Balaban J connectivity index is 1.61. The number of nitro benzene ring substituents is 1. The van der Waals surface area contributed by atoms with Crippen LogP contribution in [0.4, 0.5) is 5.69 Å². The molecular weight excluding hydrogens is 464 g/mol. The summed E-state index contributed by atoms with van der Waals surface area (Å²) in [5, 5.41) is 20.6. The SMILES string of the molecule is C=C(NNC(=O)[C@H](NC(=O)c1ccccc1)c1n[nH]c(=O)c2ccccc12)c1ccc([N+](=O)[O-])cc1. The topological polar surface area (TPSA) is 159 Å². The number of fused-ring (bicyclic) bond motifs is 1. The van der Waals surface area contributed by atoms with Crippen molar-refractivity contribution in [2.24, 2.45) is 0 Å². The summed E-state index contributed by atoms with van der Waals surface area (Å²) < 4.78 is 0. The lowest BCUT2D eigenvalue weighted by atomic mass is 10.0. The molecule has 0 aliphatic heterocycles. The van der Waals surface area contributed by atoms with Crippen molar-refractivity contribution in [1.82, 2.24) is 26.4 Å². The summed E-state index contributed by atoms with van der Waals surface area (Å²) in [5.74, 6) is -1.21. The molecule has 1 atom stereocenters. The third-order valence-corrected chi connectivity index (χ3v) is 5.34. The van der Waals surface area contributed by atoms with E-state index in [-0.39, 0.29) is 17.1 Å². The Morgan fingerprint density at radius 3 is 2.19 bits per heavy atom. The molecule has 1 heterocycles. The number of H-pyrrole nitrogens is 1. The van der Waals surface area contributed by atoms with Crippen molar-refractivity contribution in [3.8, 4) is 0 Å². The van der Waals surface area contributed by atoms with Crippen LogP contribution in [0.1, 0.15) is 27.7 Å². The standard InChI is InChI=1S/C25H20N6O5/c1-15(16-11-13-18(14-12-16)31(35)36)27-30-25(34)22(26-23(32)17-7-3-2-4-8-17)21-19-9-5-6-10-20(19)24(33)29-28-21/h2-14,22,27H,1H2,(H,26,32)(H,29,33)(H,30,34)/t22-/m1/s1. The van der Waals surface area contributed by atoms with Crippen molar-refractivity contribution in [1.29, 1.82) is 0 Å². The predicted octanol–water partition coefficient (Wildman–Crippen LogP) is 2.59.